The van der Waals surface area contributed by atoms with Crippen LogP contribution in [0.15, 0.2) is 30.3 Å². The van der Waals surface area contributed by atoms with Gasteiger partial charge in [-0.2, -0.15) is 0 Å². The lowest BCUT2D eigenvalue weighted by Crippen LogP contribution is -2.16. The number of carboxylic acid groups (broad SMARTS) is 1. The van der Waals surface area contributed by atoms with E-state index in [4.69, 9.17) is 9.84 Å². The van der Waals surface area contributed by atoms with Gasteiger partial charge in [-0.3, -0.25) is 0 Å². The monoisotopic (exact) mass is 291 g/mol. The number of ether oxygens (including phenoxy) is 1. The van der Waals surface area contributed by atoms with E-state index in [-0.39, 0.29) is 23.9 Å². The molecule has 2 aromatic rings. The second-order valence-corrected chi connectivity index (χ2v) is 4.45. The molecule has 0 bridgehead atoms. The number of nitrogens with zero attached hydrogens (tertiary/aromatic N) is 3. The minimum Gasteiger partial charge on any atom is -0.483 e. The number of carbonyl (C=O) groups is 1. The van der Waals surface area contributed by atoms with Gasteiger partial charge in [0.2, 0.25) is 0 Å². The van der Waals surface area contributed by atoms with Crippen LogP contribution in [0.1, 0.15) is 16.3 Å². The Bertz CT molecular complexity index is 662. The van der Waals surface area contributed by atoms with Gasteiger partial charge < -0.3 is 14.7 Å². The van der Waals surface area contributed by atoms with Gasteiger partial charge in [-0.1, -0.05) is 12.1 Å². The molecule has 0 atom stereocenters. The van der Waals surface area contributed by atoms with Crippen LogP contribution in [0, 0.1) is 5.82 Å². The van der Waals surface area contributed by atoms with Gasteiger partial charge in [0.15, 0.2) is 23.1 Å². The van der Waals surface area contributed by atoms with Crippen molar-refractivity contribution in [1.29, 1.82) is 0 Å². The number of anilines is 1. The lowest BCUT2D eigenvalue weighted by molar-refractivity contribution is 0.0689. The molecule has 0 aliphatic heterocycles. The first-order valence-electron chi connectivity index (χ1n) is 6.13. The molecule has 1 N–H and O–H groups in total. The van der Waals surface area contributed by atoms with Gasteiger partial charge in [-0.15, -0.1) is 0 Å². The van der Waals surface area contributed by atoms with E-state index in [9.17, 15) is 9.18 Å². The van der Waals surface area contributed by atoms with Crippen LogP contribution in [0.5, 0.6) is 5.75 Å². The van der Waals surface area contributed by atoms with Crippen molar-refractivity contribution in [3.05, 3.63) is 47.7 Å². The number of rotatable bonds is 5. The third-order valence-corrected chi connectivity index (χ3v) is 2.63. The molecule has 1 aromatic carbocycles. The number of benzene rings is 1. The molecule has 0 saturated heterocycles. The lowest BCUT2D eigenvalue weighted by atomic mass is 10.3. The highest BCUT2D eigenvalue weighted by Crippen LogP contribution is 2.17. The van der Waals surface area contributed by atoms with E-state index in [2.05, 4.69) is 9.97 Å². The van der Waals surface area contributed by atoms with Crippen LogP contribution < -0.4 is 9.64 Å². The molecule has 0 saturated carbocycles. The second kappa shape index (κ2) is 6.17. The smallest absolute Gasteiger partial charge is 0.354 e. The van der Waals surface area contributed by atoms with Crippen molar-refractivity contribution in [2.75, 3.05) is 19.0 Å². The molecular formula is C14H14FN3O3. The molecule has 0 spiro atoms. The van der Waals surface area contributed by atoms with Crippen molar-refractivity contribution < 1.29 is 19.0 Å². The SMILES string of the molecule is CN(C)c1cc(C(=O)O)nc(COc2ccccc2F)n1. The van der Waals surface area contributed by atoms with Crippen molar-refractivity contribution in [2.24, 2.45) is 0 Å². The number of hydrogen-bond donors (Lipinski definition) is 1. The Hall–Kier alpha value is -2.70. The molecule has 1 heterocycles. The molecule has 0 radical (unpaired) electrons. The topological polar surface area (TPSA) is 75.6 Å². The van der Waals surface area contributed by atoms with E-state index in [1.54, 1.807) is 31.1 Å². The summed E-state index contributed by atoms with van der Waals surface area (Å²) in [4.78, 5) is 20.7. The van der Waals surface area contributed by atoms with Gasteiger partial charge in [-0.25, -0.2) is 19.2 Å². The maximum atomic E-state index is 13.4. The van der Waals surface area contributed by atoms with Crippen LogP contribution in [0.25, 0.3) is 0 Å². The Balaban J connectivity index is 2.23. The fourth-order valence-electron chi connectivity index (χ4n) is 1.59. The molecule has 110 valence electrons. The summed E-state index contributed by atoms with van der Waals surface area (Å²) in [6.45, 7) is -0.122. The first-order chi connectivity index (χ1) is 9.97. The van der Waals surface area contributed by atoms with Gasteiger partial charge in [0.05, 0.1) is 0 Å². The highest BCUT2D eigenvalue weighted by atomic mass is 19.1. The zero-order valence-corrected chi connectivity index (χ0v) is 11.6. The molecule has 1 aromatic heterocycles. The van der Waals surface area contributed by atoms with E-state index in [1.807, 2.05) is 0 Å². The summed E-state index contributed by atoms with van der Waals surface area (Å²) in [6.07, 6.45) is 0. The third kappa shape index (κ3) is 3.65. The van der Waals surface area contributed by atoms with Crippen LogP contribution in [0.2, 0.25) is 0 Å². The summed E-state index contributed by atoms with van der Waals surface area (Å²) < 4.78 is 18.7. The predicted octanol–water partition coefficient (Wildman–Crippen LogP) is 1.96. The first-order valence-corrected chi connectivity index (χ1v) is 6.13. The fraction of sp³-hybridized carbons (Fsp3) is 0.214. The highest BCUT2D eigenvalue weighted by Gasteiger charge is 2.12. The summed E-state index contributed by atoms with van der Waals surface area (Å²) in [5.74, 6) is -0.989. The van der Waals surface area contributed by atoms with Crippen molar-refractivity contribution in [3.8, 4) is 5.75 Å². The van der Waals surface area contributed by atoms with E-state index in [0.29, 0.717) is 5.82 Å². The number of halogens is 1. The molecule has 0 fully saturated rings. The average Bonchev–Trinajstić information content (AvgIpc) is 2.46. The van der Waals surface area contributed by atoms with Crippen molar-refractivity contribution in [3.63, 3.8) is 0 Å². The number of carboxylic acids is 1. The second-order valence-electron chi connectivity index (χ2n) is 4.45. The first kappa shape index (κ1) is 14.7. The molecular weight excluding hydrogens is 277 g/mol. The fourth-order valence-corrected chi connectivity index (χ4v) is 1.59. The van der Waals surface area contributed by atoms with Crippen molar-refractivity contribution in [2.45, 2.75) is 6.61 Å². The molecule has 0 amide bonds. The summed E-state index contributed by atoms with van der Waals surface area (Å²) in [7, 11) is 3.46. The zero-order valence-electron chi connectivity index (χ0n) is 11.6. The van der Waals surface area contributed by atoms with Gasteiger partial charge in [0.1, 0.15) is 12.4 Å². The summed E-state index contributed by atoms with van der Waals surface area (Å²) >= 11 is 0. The van der Waals surface area contributed by atoms with Gasteiger partial charge in [0.25, 0.3) is 0 Å². The molecule has 21 heavy (non-hydrogen) atoms. The maximum absolute atomic E-state index is 13.4. The van der Waals surface area contributed by atoms with E-state index in [1.165, 1.54) is 18.2 Å². The Labute approximate surface area is 120 Å². The Morgan fingerprint density at radius 3 is 2.67 bits per heavy atom. The normalized spacial score (nSPS) is 10.2. The van der Waals surface area contributed by atoms with Crippen molar-refractivity contribution in [1.82, 2.24) is 9.97 Å². The largest absolute Gasteiger partial charge is 0.483 e. The standard InChI is InChI=1S/C14H14FN3O3/c1-18(2)13-7-10(14(19)20)16-12(17-13)8-21-11-6-4-3-5-9(11)15/h3-7H,8H2,1-2H3,(H,19,20). The average molecular weight is 291 g/mol. The molecule has 2 rings (SSSR count). The van der Waals surface area contributed by atoms with Crippen molar-refractivity contribution >= 4 is 11.8 Å². The van der Waals surface area contributed by atoms with E-state index < -0.39 is 11.8 Å². The van der Waals surface area contributed by atoms with E-state index >= 15 is 0 Å². The predicted molar refractivity (Wildman–Crippen MR) is 74.1 cm³/mol. The van der Waals surface area contributed by atoms with Gasteiger partial charge in [0, 0.05) is 20.2 Å². The summed E-state index contributed by atoms with van der Waals surface area (Å²) in [6, 6.07) is 7.29. The molecule has 6 nitrogen and oxygen atoms in total. The molecule has 0 aliphatic carbocycles. The molecule has 0 aliphatic rings. The lowest BCUT2D eigenvalue weighted by Gasteiger charge is -2.13. The number of aromatic nitrogens is 2. The maximum Gasteiger partial charge on any atom is 0.354 e. The van der Waals surface area contributed by atoms with Crippen LogP contribution in [0.3, 0.4) is 0 Å². The quantitative estimate of drug-likeness (QED) is 0.907. The Morgan fingerprint density at radius 2 is 2.05 bits per heavy atom. The number of hydrogen-bond acceptors (Lipinski definition) is 5. The summed E-state index contributed by atoms with van der Waals surface area (Å²) in [5.41, 5.74) is -0.138. The summed E-state index contributed by atoms with van der Waals surface area (Å²) in [5, 5.41) is 9.04. The zero-order chi connectivity index (χ0) is 15.4. The number of para-hydroxylation sites is 1. The molecule has 0 unspecified atom stereocenters. The van der Waals surface area contributed by atoms with Gasteiger partial charge in [-0.05, 0) is 12.1 Å². The van der Waals surface area contributed by atoms with E-state index in [0.717, 1.165) is 0 Å². The third-order valence-electron chi connectivity index (χ3n) is 2.63. The molecule has 7 heteroatoms. The van der Waals surface area contributed by atoms with Crippen LogP contribution in [-0.4, -0.2) is 35.1 Å². The number of aromatic carboxylic acids is 1. The Morgan fingerprint density at radius 1 is 1.33 bits per heavy atom. The minimum atomic E-state index is -1.16. The van der Waals surface area contributed by atoms with Crippen LogP contribution in [0.4, 0.5) is 10.2 Å². The Kier molecular flexibility index (Phi) is 4.32. The van der Waals surface area contributed by atoms with Crippen LogP contribution >= 0.6 is 0 Å². The van der Waals surface area contributed by atoms with Crippen LogP contribution in [-0.2, 0) is 6.61 Å². The minimum absolute atomic E-state index is 0.0632. The highest BCUT2D eigenvalue weighted by molar-refractivity contribution is 5.86. The van der Waals surface area contributed by atoms with Gasteiger partial charge >= 0.3 is 5.97 Å².